The highest BCUT2D eigenvalue weighted by Crippen LogP contribution is 2.27. The van der Waals surface area contributed by atoms with E-state index in [0.717, 1.165) is 20.9 Å². The first-order valence-electron chi connectivity index (χ1n) is 5.51. The van der Waals surface area contributed by atoms with Gasteiger partial charge in [-0.2, -0.15) is 0 Å². The molecular weight excluding hydrogens is 377 g/mol. The summed E-state index contributed by atoms with van der Waals surface area (Å²) in [6.45, 7) is 0. The predicted molar refractivity (Wildman–Crippen MR) is 83.9 cm³/mol. The van der Waals surface area contributed by atoms with Crippen molar-refractivity contribution in [3.63, 3.8) is 0 Å². The van der Waals surface area contributed by atoms with E-state index in [0.29, 0.717) is 5.02 Å². The van der Waals surface area contributed by atoms with Crippen LogP contribution in [0.3, 0.4) is 0 Å². The molecule has 0 aliphatic carbocycles. The van der Waals surface area contributed by atoms with Gasteiger partial charge in [0.1, 0.15) is 0 Å². The van der Waals surface area contributed by atoms with Gasteiger partial charge in [0, 0.05) is 15.0 Å². The molecule has 0 fully saturated rings. The Morgan fingerprint density at radius 2 is 1.89 bits per heavy atom. The fourth-order valence-electron chi connectivity index (χ4n) is 1.78. The molecule has 1 nitrogen and oxygen atoms in total. The molecule has 0 aliphatic heterocycles. The first kappa shape index (κ1) is 14.1. The van der Waals surface area contributed by atoms with E-state index in [1.165, 1.54) is 5.56 Å². The fourth-order valence-corrected chi connectivity index (χ4v) is 2.66. The first-order chi connectivity index (χ1) is 8.56. The lowest BCUT2D eigenvalue weighted by atomic mass is 10.00. The van der Waals surface area contributed by atoms with Crippen LogP contribution in [-0.4, -0.2) is 0 Å². The Morgan fingerprint density at radius 1 is 1.11 bits per heavy atom. The summed E-state index contributed by atoms with van der Waals surface area (Å²) in [5.74, 6) is 0. The Balaban J connectivity index is 2.16. The van der Waals surface area contributed by atoms with Gasteiger partial charge < -0.3 is 5.73 Å². The number of rotatable bonds is 3. The second-order valence-corrected chi connectivity index (χ2v) is 6.29. The molecular formula is C14H12Br2ClN. The minimum Gasteiger partial charge on any atom is -0.324 e. The molecule has 18 heavy (non-hydrogen) atoms. The molecule has 1 atom stereocenters. The molecule has 2 aromatic carbocycles. The summed E-state index contributed by atoms with van der Waals surface area (Å²) in [7, 11) is 0. The van der Waals surface area contributed by atoms with Gasteiger partial charge in [0.2, 0.25) is 0 Å². The summed E-state index contributed by atoms with van der Waals surface area (Å²) >= 11 is 12.9. The summed E-state index contributed by atoms with van der Waals surface area (Å²) < 4.78 is 1.96. The number of nitrogens with two attached hydrogens (primary N) is 1. The van der Waals surface area contributed by atoms with Crippen LogP contribution in [0.5, 0.6) is 0 Å². The molecule has 0 amide bonds. The van der Waals surface area contributed by atoms with E-state index < -0.39 is 0 Å². The SMILES string of the molecule is NC(Cc1cccc(Br)c1)c1ccc(Br)c(Cl)c1. The summed E-state index contributed by atoms with van der Waals surface area (Å²) in [4.78, 5) is 0. The van der Waals surface area contributed by atoms with Crippen LogP contribution in [0.1, 0.15) is 17.2 Å². The summed E-state index contributed by atoms with van der Waals surface area (Å²) in [6, 6.07) is 14.0. The van der Waals surface area contributed by atoms with Gasteiger partial charge in [0.15, 0.2) is 0 Å². The fraction of sp³-hybridized carbons (Fsp3) is 0.143. The van der Waals surface area contributed by atoms with E-state index in [1.807, 2.05) is 30.3 Å². The lowest BCUT2D eigenvalue weighted by Crippen LogP contribution is -2.13. The number of hydrogen-bond acceptors (Lipinski definition) is 1. The molecule has 0 radical (unpaired) electrons. The highest BCUT2D eigenvalue weighted by atomic mass is 79.9. The van der Waals surface area contributed by atoms with Crippen LogP contribution in [0.25, 0.3) is 0 Å². The summed E-state index contributed by atoms with van der Waals surface area (Å²) in [5.41, 5.74) is 8.46. The van der Waals surface area contributed by atoms with Crippen LogP contribution in [0.15, 0.2) is 51.4 Å². The Morgan fingerprint density at radius 3 is 2.56 bits per heavy atom. The third kappa shape index (κ3) is 3.58. The second kappa shape index (κ2) is 6.20. The molecule has 94 valence electrons. The average Bonchev–Trinajstić information content (AvgIpc) is 2.32. The maximum absolute atomic E-state index is 6.21. The molecule has 0 bridgehead atoms. The third-order valence-electron chi connectivity index (χ3n) is 2.72. The average molecular weight is 390 g/mol. The van der Waals surface area contributed by atoms with Crippen molar-refractivity contribution in [2.24, 2.45) is 5.73 Å². The Hall–Kier alpha value is -0.350. The molecule has 0 spiro atoms. The quantitative estimate of drug-likeness (QED) is 0.776. The summed E-state index contributed by atoms with van der Waals surface area (Å²) in [6.07, 6.45) is 0.789. The van der Waals surface area contributed by atoms with Crippen molar-refractivity contribution in [2.45, 2.75) is 12.5 Å². The number of hydrogen-bond donors (Lipinski definition) is 1. The van der Waals surface area contributed by atoms with Gasteiger partial charge in [0.05, 0.1) is 5.02 Å². The van der Waals surface area contributed by atoms with Gasteiger partial charge >= 0.3 is 0 Å². The topological polar surface area (TPSA) is 26.0 Å². The summed E-state index contributed by atoms with van der Waals surface area (Å²) in [5, 5.41) is 0.692. The lowest BCUT2D eigenvalue weighted by molar-refractivity contribution is 0.721. The van der Waals surface area contributed by atoms with E-state index in [2.05, 4.69) is 44.0 Å². The molecule has 2 N–H and O–H groups in total. The molecule has 0 heterocycles. The normalized spacial score (nSPS) is 12.4. The van der Waals surface area contributed by atoms with Crippen molar-refractivity contribution in [3.8, 4) is 0 Å². The smallest absolute Gasteiger partial charge is 0.0551 e. The van der Waals surface area contributed by atoms with E-state index in [-0.39, 0.29) is 6.04 Å². The number of halogens is 3. The van der Waals surface area contributed by atoms with E-state index >= 15 is 0 Å². The minimum atomic E-state index is -0.0510. The van der Waals surface area contributed by atoms with Gasteiger partial charge in [-0.05, 0) is 57.7 Å². The Kier molecular flexibility index (Phi) is 4.84. The van der Waals surface area contributed by atoms with Crippen molar-refractivity contribution in [2.75, 3.05) is 0 Å². The van der Waals surface area contributed by atoms with E-state index in [4.69, 9.17) is 17.3 Å². The van der Waals surface area contributed by atoms with E-state index in [9.17, 15) is 0 Å². The highest BCUT2D eigenvalue weighted by Gasteiger charge is 2.09. The van der Waals surface area contributed by atoms with Crippen molar-refractivity contribution in [1.29, 1.82) is 0 Å². The molecule has 0 aromatic heterocycles. The lowest BCUT2D eigenvalue weighted by Gasteiger charge is -2.13. The van der Waals surface area contributed by atoms with Crippen molar-refractivity contribution >= 4 is 43.5 Å². The monoisotopic (exact) mass is 387 g/mol. The van der Waals surface area contributed by atoms with Crippen LogP contribution in [-0.2, 0) is 6.42 Å². The van der Waals surface area contributed by atoms with Gasteiger partial charge in [-0.15, -0.1) is 0 Å². The van der Waals surface area contributed by atoms with Crippen molar-refractivity contribution < 1.29 is 0 Å². The molecule has 2 aromatic rings. The minimum absolute atomic E-state index is 0.0510. The zero-order chi connectivity index (χ0) is 13.1. The standard InChI is InChI=1S/C14H12Br2ClN/c15-11-3-1-2-9(6-11)7-14(18)10-4-5-12(16)13(17)8-10/h1-6,8,14H,7,18H2. The van der Waals surface area contributed by atoms with Gasteiger partial charge in [-0.3, -0.25) is 0 Å². The predicted octanol–water partition coefficient (Wildman–Crippen LogP) is 5.11. The highest BCUT2D eigenvalue weighted by molar-refractivity contribution is 9.10. The molecule has 0 aliphatic rings. The Labute approximate surface area is 129 Å². The van der Waals surface area contributed by atoms with Crippen LogP contribution < -0.4 is 5.73 Å². The zero-order valence-electron chi connectivity index (χ0n) is 9.54. The van der Waals surface area contributed by atoms with Gasteiger partial charge in [0.25, 0.3) is 0 Å². The molecule has 4 heteroatoms. The van der Waals surface area contributed by atoms with E-state index in [1.54, 1.807) is 0 Å². The van der Waals surface area contributed by atoms with Gasteiger partial charge in [-0.25, -0.2) is 0 Å². The molecule has 0 saturated heterocycles. The van der Waals surface area contributed by atoms with Crippen molar-refractivity contribution in [1.82, 2.24) is 0 Å². The third-order valence-corrected chi connectivity index (χ3v) is 4.44. The van der Waals surface area contributed by atoms with Crippen LogP contribution >= 0.6 is 43.5 Å². The largest absolute Gasteiger partial charge is 0.324 e. The maximum Gasteiger partial charge on any atom is 0.0551 e. The molecule has 0 saturated carbocycles. The second-order valence-electron chi connectivity index (χ2n) is 4.11. The van der Waals surface area contributed by atoms with Crippen LogP contribution in [0.4, 0.5) is 0 Å². The molecule has 1 unspecified atom stereocenters. The Bertz CT molecular complexity index is 557. The first-order valence-corrected chi connectivity index (χ1v) is 7.47. The van der Waals surface area contributed by atoms with Gasteiger partial charge in [-0.1, -0.05) is 45.7 Å². The maximum atomic E-state index is 6.21. The number of benzene rings is 2. The van der Waals surface area contributed by atoms with Crippen molar-refractivity contribution in [3.05, 3.63) is 67.6 Å². The molecule has 2 rings (SSSR count). The van der Waals surface area contributed by atoms with Crippen LogP contribution in [0, 0.1) is 0 Å². The zero-order valence-corrected chi connectivity index (χ0v) is 13.5. The van der Waals surface area contributed by atoms with Crippen LogP contribution in [0.2, 0.25) is 5.02 Å².